The minimum Gasteiger partial charge on any atom is -0.481 e. The second kappa shape index (κ2) is 14.0. The topological polar surface area (TPSA) is 119 Å². The molecule has 242 valence electrons. The minimum atomic E-state index is -1.14. The second-order valence-electron chi connectivity index (χ2n) is 12.6. The fourth-order valence-corrected chi connectivity index (χ4v) is 6.40. The summed E-state index contributed by atoms with van der Waals surface area (Å²) in [5, 5.41) is 12.4. The van der Waals surface area contributed by atoms with Gasteiger partial charge in [-0.05, 0) is 104 Å². The number of nitrogens with two attached hydrogens (primary N) is 1. The Balaban J connectivity index is 0.000000854. The van der Waals surface area contributed by atoms with E-state index in [0.29, 0.717) is 48.4 Å². The maximum atomic E-state index is 16.0. The van der Waals surface area contributed by atoms with Crippen molar-refractivity contribution in [2.24, 2.45) is 11.7 Å². The number of aliphatic carboxylic acids is 1. The number of likely N-dealkylation sites (tertiary alicyclic amines) is 1. The third-order valence-corrected chi connectivity index (χ3v) is 8.76. The van der Waals surface area contributed by atoms with E-state index in [0.717, 1.165) is 40.7 Å². The van der Waals surface area contributed by atoms with E-state index in [9.17, 15) is 18.8 Å². The second-order valence-corrected chi connectivity index (χ2v) is 12.6. The van der Waals surface area contributed by atoms with Crippen LogP contribution in [0, 0.1) is 46.4 Å². The van der Waals surface area contributed by atoms with Gasteiger partial charge in [-0.1, -0.05) is 24.6 Å². The number of alkyl halides is 1. The lowest BCUT2D eigenvalue weighted by Crippen LogP contribution is -2.49. The zero-order chi connectivity index (χ0) is 33.2. The number of benzene rings is 2. The van der Waals surface area contributed by atoms with Gasteiger partial charge in [0.2, 0.25) is 5.91 Å². The van der Waals surface area contributed by atoms with Crippen LogP contribution in [0.3, 0.4) is 0 Å². The van der Waals surface area contributed by atoms with E-state index < -0.39 is 35.6 Å². The van der Waals surface area contributed by atoms with Gasteiger partial charge in [0.1, 0.15) is 18.0 Å². The first-order chi connectivity index (χ1) is 21.2. The van der Waals surface area contributed by atoms with Gasteiger partial charge < -0.3 is 10.8 Å². The SMILES string of the molecule is CCC(=O)O.Cc1cc(C)c(-c2cc(C)c(F)c(C(C3CC3)C(C(N)=O)n3nc(CCN4CC(F)C4)c(C)cc3=O)c2)c(C)c1. The zero-order valence-corrected chi connectivity index (χ0v) is 27.0. The molecule has 10 heteroatoms. The summed E-state index contributed by atoms with van der Waals surface area (Å²) >= 11 is 0. The molecular weight excluding hydrogens is 578 g/mol. The first-order valence-corrected chi connectivity index (χ1v) is 15.6. The Hall–Kier alpha value is -3.92. The highest BCUT2D eigenvalue weighted by atomic mass is 19.1. The highest BCUT2D eigenvalue weighted by molar-refractivity contribution is 5.80. The van der Waals surface area contributed by atoms with Gasteiger partial charge in [0.25, 0.3) is 5.56 Å². The lowest BCUT2D eigenvalue weighted by molar-refractivity contribution is -0.136. The van der Waals surface area contributed by atoms with E-state index >= 15 is 4.39 Å². The smallest absolute Gasteiger partial charge is 0.303 e. The van der Waals surface area contributed by atoms with Crippen molar-refractivity contribution in [1.82, 2.24) is 14.7 Å². The Morgan fingerprint density at radius 1 is 1.00 bits per heavy atom. The van der Waals surface area contributed by atoms with Crippen molar-refractivity contribution in [3.05, 3.63) is 85.6 Å². The first-order valence-electron chi connectivity index (χ1n) is 15.6. The normalized spacial score (nSPS) is 16.4. The first kappa shape index (κ1) is 34.0. The Labute approximate surface area is 263 Å². The van der Waals surface area contributed by atoms with E-state index in [1.54, 1.807) is 20.8 Å². The Bertz CT molecular complexity index is 1620. The summed E-state index contributed by atoms with van der Waals surface area (Å²) in [7, 11) is 0. The number of amides is 1. The quantitative estimate of drug-likeness (QED) is 0.309. The molecule has 1 saturated heterocycles. The highest BCUT2D eigenvalue weighted by Crippen LogP contribution is 2.49. The maximum Gasteiger partial charge on any atom is 0.303 e. The Kier molecular flexibility index (Phi) is 10.6. The molecule has 0 spiro atoms. The van der Waals surface area contributed by atoms with Crippen molar-refractivity contribution in [2.45, 2.75) is 85.4 Å². The lowest BCUT2D eigenvalue weighted by atomic mass is 9.82. The number of aromatic nitrogens is 2. The number of aryl methyl sites for hydroxylation is 5. The number of nitrogens with zero attached hydrogens (tertiary/aromatic N) is 3. The molecular formula is C35H44F2N4O4. The fraction of sp³-hybridized carbons (Fsp3) is 0.486. The summed E-state index contributed by atoms with van der Waals surface area (Å²) in [6.45, 7) is 12.7. The predicted molar refractivity (Wildman–Crippen MR) is 171 cm³/mol. The number of carbonyl (C=O) groups excluding carboxylic acids is 1. The maximum absolute atomic E-state index is 16.0. The predicted octanol–water partition coefficient (Wildman–Crippen LogP) is 5.49. The molecule has 45 heavy (non-hydrogen) atoms. The summed E-state index contributed by atoms with van der Waals surface area (Å²) in [6, 6.07) is 8.23. The third-order valence-electron chi connectivity index (χ3n) is 8.76. The van der Waals surface area contributed by atoms with E-state index in [-0.39, 0.29) is 18.2 Å². The fourth-order valence-electron chi connectivity index (χ4n) is 6.40. The van der Waals surface area contributed by atoms with Crippen LogP contribution in [0.5, 0.6) is 0 Å². The number of hydrogen-bond acceptors (Lipinski definition) is 5. The van der Waals surface area contributed by atoms with Crippen LogP contribution >= 0.6 is 0 Å². The van der Waals surface area contributed by atoms with Crippen molar-refractivity contribution < 1.29 is 23.5 Å². The van der Waals surface area contributed by atoms with Crippen LogP contribution in [-0.4, -0.2) is 57.5 Å². The molecule has 1 aliphatic heterocycles. The van der Waals surface area contributed by atoms with Crippen LogP contribution in [0.4, 0.5) is 8.78 Å². The van der Waals surface area contributed by atoms with Crippen molar-refractivity contribution in [3.63, 3.8) is 0 Å². The van der Waals surface area contributed by atoms with Gasteiger partial charge in [0.15, 0.2) is 0 Å². The number of halogens is 2. The molecule has 5 rings (SSSR count). The monoisotopic (exact) mass is 622 g/mol. The van der Waals surface area contributed by atoms with Crippen LogP contribution in [0.25, 0.3) is 11.1 Å². The molecule has 2 heterocycles. The van der Waals surface area contributed by atoms with E-state index in [1.165, 1.54) is 10.7 Å². The number of primary amides is 1. The molecule has 2 aliphatic rings. The Morgan fingerprint density at radius 2 is 1.60 bits per heavy atom. The van der Waals surface area contributed by atoms with Crippen LogP contribution in [0.2, 0.25) is 0 Å². The van der Waals surface area contributed by atoms with E-state index in [1.807, 2.05) is 37.8 Å². The minimum absolute atomic E-state index is 0.00268. The number of rotatable bonds is 10. The van der Waals surface area contributed by atoms with E-state index in [4.69, 9.17) is 10.8 Å². The summed E-state index contributed by atoms with van der Waals surface area (Å²) < 4.78 is 30.4. The molecule has 1 saturated carbocycles. The van der Waals surface area contributed by atoms with Crippen LogP contribution in [-0.2, 0) is 16.0 Å². The molecule has 8 nitrogen and oxygen atoms in total. The van der Waals surface area contributed by atoms with Crippen molar-refractivity contribution in [1.29, 1.82) is 0 Å². The molecule has 2 aromatic carbocycles. The van der Waals surface area contributed by atoms with Gasteiger partial charge in [0.05, 0.1) is 5.69 Å². The van der Waals surface area contributed by atoms with Gasteiger partial charge in [-0.25, -0.2) is 13.5 Å². The van der Waals surface area contributed by atoms with Gasteiger partial charge in [-0.2, -0.15) is 5.10 Å². The van der Waals surface area contributed by atoms with Gasteiger partial charge >= 0.3 is 5.97 Å². The largest absolute Gasteiger partial charge is 0.481 e. The van der Waals surface area contributed by atoms with Crippen molar-refractivity contribution >= 4 is 11.9 Å². The zero-order valence-electron chi connectivity index (χ0n) is 27.0. The molecule has 0 bridgehead atoms. The molecule has 3 N–H and O–H groups in total. The summed E-state index contributed by atoms with van der Waals surface area (Å²) in [6.07, 6.45) is 1.55. The summed E-state index contributed by atoms with van der Waals surface area (Å²) in [5.41, 5.74) is 13.0. The Morgan fingerprint density at radius 3 is 2.11 bits per heavy atom. The average Bonchev–Trinajstić information content (AvgIpc) is 3.77. The van der Waals surface area contributed by atoms with Crippen molar-refractivity contribution in [3.8, 4) is 11.1 Å². The molecule has 1 aromatic heterocycles. The van der Waals surface area contributed by atoms with Crippen molar-refractivity contribution in [2.75, 3.05) is 19.6 Å². The number of carboxylic acid groups (broad SMARTS) is 1. The molecule has 0 radical (unpaired) electrons. The summed E-state index contributed by atoms with van der Waals surface area (Å²) in [5.74, 6) is -2.47. The molecule has 2 unspecified atom stereocenters. The van der Waals surface area contributed by atoms with Crippen LogP contribution < -0.4 is 11.3 Å². The number of carboxylic acids is 1. The van der Waals surface area contributed by atoms with Crippen LogP contribution in [0.15, 0.2) is 35.1 Å². The average molecular weight is 623 g/mol. The highest BCUT2D eigenvalue weighted by Gasteiger charge is 2.44. The molecule has 3 aromatic rings. The molecule has 2 fully saturated rings. The van der Waals surface area contributed by atoms with Crippen LogP contribution in [0.1, 0.15) is 77.2 Å². The van der Waals surface area contributed by atoms with E-state index in [2.05, 4.69) is 17.2 Å². The van der Waals surface area contributed by atoms with Gasteiger partial charge in [-0.3, -0.25) is 19.3 Å². The number of hydrogen-bond donors (Lipinski definition) is 2. The standard InChI is InChI=1S/C32H38F2N4O2.C3H6O2/c1-17-10-19(3)28(20(4)11-17)23-12-21(5)30(34)25(14-23)29(22-6-7-22)31(32(35)40)38-27(39)13-18(2)26(36-38)8-9-37-15-24(33)16-37;1-2-3(4)5/h10-14,22,24,29,31H,6-9,15-16H2,1-5H3,(H2,35,40);2H2,1H3,(H,4,5). The number of carbonyl (C=O) groups is 2. The molecule has 1 aliphatic carbocycles. The van der Waals surface area contributed by atoms with Gasteiger partial charge in [-0.15, -0.1) is 0 Å². The molecule has 1 amide bonds. The van der Waals surface area contributed by atoms with Gasteiger partial charge in [0, 0.05) is 44.5 Å². The summed E-state index contributed by atoms with van der Waals surface area (Å²) in [4.78, 5) is 37.7. The third kappa shape index (κ3) is 7.84. The lowest BCUT2D eigenvalue weighted by Gasteiger charge is -2.34. The molecule has 2 atom stereocenters.